The van der Waals surface area contributed by atoms with Gasteiger partial charge < -0.3 is 14.5 Å². The quantitative estimate of drug-likeness (QED) is 0.819. The fourth-order valence-electron chi connectivity index (χ4n) is 3.81. The Balaban J connectivity index is 1.70. The standard InChI is InChI=1S/C20H31N3O2/c1-2-16-25-17-8-7-14-22(15-10-17)19-18(9-6-11-21-19)20(24)23-12-4-3-5-13-23/h6,9,11,17H,2-5,7-8,10,12-16H2,1H3. The maximum atomic E-state index is 13.0. The molecule has 2 fully saturated rings. The molecule has 0 N–H and O–H groups in total. The minimum atomic E-state index is 0.144. The first kappa shape index (κ1) is 18.2. The van der Waals surface area contributed by atoms with Crippen LogP contribution in [0.1, 0.15) is 62.2 Å². The Morgan fingerprint density at radius 1 is 1.16 bits per heavy atom. The van der Waals surface area contributed by atoms with Crippen molar-refractivity contribution in [3.8, 4) is 0 Å². The van der Waals surface area contributed by atoms with Gasteiger partial charge in [-0.05, 0) is 57.1 Å². The third kappa shape index (κ3) is 4.72. The Bertz CT molecular complexity index is 558. The molecule has 5 nitrogen and oxygen atoms in total. The Kier molecular flexibility index (Phi) is 6.68. The molecular formula is C20H31N3O2. The predicted molar refractivity (Wildman–Crippen MR) is 100 cm³/mol. The van der Waals surface area contributed by atoms with Gasteiger partial charge in [0.25, 0.3) is 5.91 Å². The molecule has 1 atom stereocenters. The van der Waals surface area contributed by atoms with Crippen LogP contribution in [0, 0.1) is 0 Å². The van der Waals surface area contributed by atoms with E-state index in [1.165, 1.54) is 6.42 Å². The number of likely N-dealkylation sites (tertiary alicyclic amines) is 1. The molecule has 0 spiro atoms. The fourth-order valence-corrected chi connectivity index (χ4v) is 3.81. The molecule has 0 aliphatic carbocycles. The second-order valence-electron chi connectivity index (χ2n) is 7.14. The summed E-state index contributed by atoms with van der Waals surface area (Å²) in [5, 5.41) is 0. The number of amides is 1. The average Bonchev–Trinajstić information content (AvgIpc) is 2.92. The molecule has 0 radical (unpaired) electrons. The first-order valence-electron chi connectivity index (χ1n) is 9.90. The van der Waals surface area contributed by atoms with Crippen LogP contribution in [0.3, 0.4) is 0 Å². The largest absolute Gasteiger partial charge is 0.378 e. The van der Waals surface area contributed by atoms with Crippen LogP contribution in [-0.2, 0) is 4.74 Å². The number of carbonyl (C=O) groups is 1. The molecule has 2 saturated heterocycles. The van der Waals surface area contributed by atoms with Gasteiger partial charge in [-0.15, -0.1) is 0 Å². The van der Waals surface area contributed by atoms with Crippen molar-refractivity contribution < 1.29 is 9.53 Å². The second kappa shape index (κ2) is 9.18. The normalized spacial score (nSPS) is 21.9. The Morgan fingerprint density at radius 2 is 2.00 bits per heavy atom. The van der Waals surface area contributed by atoms with E-state index in [0.29, 0.717) is 6.10 Å². The van der Waals surface area contributed by atoms with Crippen molar-refractivity contribution in [2.45, 2.75) is 58.0 Å². The molecule has 1 unspecified atom stereocenters. The van der Waals surface area contributed by atoms with Crippen molar-refractivity contribution in [2.24, 2.45) is 0 Å². The van der Waals surface area contributed by atoms with Gasteiger partial charge in [-0.3, -0.25) is 4.79 Å². The number of rotatable bonds is 5. The third-order valence-corrected chi connectivity index (χ3v) is 5.19. The number of pyridine rings is 1. The van der Waals surface area contributed by atoms with Gasteiger partial charge in [0, 0.05) is 39.0 Å². The van der Waals surface area contributed by atoms with Gasteiger partial charge in [-0.25, -0.2) is 4.98 Å². The SMILES string of the molecule is CCCOC1CCCN(c2ncccc2C(=O)N2CCCCC2)CC1. The van der Waals surface area contributed by atoms with Gasteiger partial charge in [0.1, 0.15) is 5.82 Å². The summed E-state index contributed by atoms with van der Waals surface area (Å²) < 4.78 is 5.95. The predicted octanol–water partition coefficient (Wildman–Crippen LogP) is 3.49. The van der Waals surface area contributed by atoms with Crippen molar-refractivity contribution in [1.82, 2.24) is 9.88 Å². The Labute approximate surface area is 151 Å². The Morgan fingerprint density at radius 3 is 2.80 bits per heavy atom. The zero-order chi connectivity index (χ0) is 17.5. The summed E-state index contributed by atoms with van der Waals surface area (Å²) in [6, 6.07) is 3.82. The summed E-state index contributed by atoms with van der Waals surface area (Å²) in [5.74, 6) is 1.00. The van der Waals surface area contributed by atoms with Gasteiger partial charge in [-0.1, -0.05) is 6.92 Å². The van der Waals surface area contributed by atoms with E-state index in [-0.39, 0.29) is 5.91 Å². The van der Waals surface area contributed by atoms with Crippen LogP contribution in [0.25, 0.3) is 0 Å². The molecule has 0 bridgehead atoms. The molecule has 1 aromatic rings. The summed E-state index contributed by atoms with van der Waals surface area (Å²) in [7, 11) is 0. The highest BCUT2D eigenvalue weighted by Gasteiger charge is 2.25. The third-order valence-electron chi connectivity index (χ3n) is 5.19. The summed E-state index contributed by atoms with van der Waals surface area (Å²) >= 11 is 0. The molecular weight excluding hydrogens is 314 g/mol. The van der Waals surface area contributed by atoms with Crippen LogP contribution in [0.2, 0.25) is 0 Å². The molecule has 25 heavy (non-hydrogen) atoms. The van der Waals surface area contributed by atoms with Crippen LogP contribution in [0.4, 0.5) is 5.82 Å². The zero-order valence-electron chi connectivity index (χ0n) is 15.5. The number of hydrogen-bond donors (Lipinski definition) is 0. The highest BCUT2D eigenvalue weighted by molar-refractivity contribution is 5.99. The van der Waals surface area contributed by atoms with Crippen molar-refractivity contribution >= 4 is 11.7 Å². The van der Waals surface area contributed by atoms with E-state index in [0.717, 1.165) is 82.7 Å². The maximum Gasteiger partial charge on any atom is 0.257 e. The minimum absolute atomic E-state index is 0.144. The highest BCUT2D eigenvalue weighted by Crippen LogP contribution is 2.24. The molecule has 3 heterocycles. The number of carbonyl (C=O) groups excluding carboxylic acids is 1. The monoisotopic (exact) mass is 345 g/mol. The van der Waals surface area contributed by atoms with Crippen LogP contribution < -0.4 is 4.90 Å². The van der Waals surface area contributed by atoms with E-state index in [9.17, 15) is 4.79 Å². The van der Waals surface area contributed by atoms with Crippen LogP contribution in [0.5, 0.6) is 0 Å². The lowest BCUT2D eigenvalue weighted by atomic mass is 10.1. The zero-order valence-corrected chi connectivity index (χ0v) is 15.5. The van der Waals surface area contributed by atoms with Crippen molar-refractivity contribution in [2.75, 3.05) is 37.7 Å². The summed E-state index contributed by atoms with van der Waals surface area (Å²) in [5.41, 5.74) is 0.761. The molecule has 138 valence electrons. The number of anilines is 1. The van der Waals surface area contributed by atoms with Crippen LogP contribution in [0.15, 0.2) is 18.3 Å². The van der Waals surface area contributed by atoms with Gasteiger partial charge >= 0.3 is 0 Å². The maximum absolute atomic E-state index is 13.0. The van der Waals surface area contributed by atoms with Crippen LogP contribution >= 0.6 is 0 Å². The first-order valence-corrected chi connectivity index (χ1v) is 9.90. The van der Waals surface area contributed by atoms with Gasteiger partial charge in [0.15, 0.2) is 0 Å². The van der Waals surface area contributed by atoms with Crippen LogP contribution in [-0.4, -0.2) is 54.7 Å². The molecule has 1 aromatic heterocycles. The molecule has 1 amide bonds. The number of aromatic nitrogens is 1. The highest BCUT2D eigenvalue weighted by atomic mass is 16.5. The van der Waals surface area contributed by atoms with E-state index in [1.807, 2.05) is 17.0 Å². The minimum Gasteiger partial charge on any atom is -0.378 e. The van der Waals surface area contributed by atoms with Crippen molar-refractivity contribution in [1.29, 1.82) is 0 Å². The van der Waals surface area contributed by atoms with E-state index in [4.69, 9.17) is 4.74 Å². The molecule has 0 saturated carbocycles. The lowest BCUT2D eigenvalue weighted by Gasteiger charge is -2.29. The van der Waals surface area contributed by atoms with Crippen molar-refractivity contribution in [3.63, 3.8) is 0 Å². The summed E-state index contributed by atoms with van der Waals surface area (Å²) in [6.45, 7) is 6.59. The number of piperidine rings is 1. The second-order valence-corrected chi connectivity index (χ2v) is 7.14. The first-order chi connectivity index (χ1) is 12.3. The molecule has 0 aromatic carbocycles. The van der Waals surface area contributed by atoms with E-state index >= 15 is 0 Å². The number of nitrogens with zero attached hydrogens (tertiary/aromatic N) is 3. The molecule has 2 aliphatic heterocycles. The lowest BCUT2D eigenvalue weighted by molar-refractivity contribution is 0.0461. The van der Waals surface area contributed by atoms with E-state index < -0.39 is 0 Å². The van der Waals surface area contributed by atoms with Gasteiger partial charge in [-0.2, -0.15) is 0 Å². The smallest absolute Gasteiger partial charge is 0.257 e. The molecule has 3 rings (SSSR count). The number of hydrogen-bond acceptors (Lipinski definition) is 4. The molecule has 2 aliphatic rings. The fraction of sp³-hybridized carbons (Fsp3) is 0.700. The molecule has 5 heteroatoms. The summed E-state index contributed by atoms with van der Waals surface area (Å²) in [4.78, 5) is 21.9. The lowest BCUT2D eigenvalue weighted by Crippen LogP contribution is -2.37. The van der Waals surface area contributed by atoms with Gasteiger partial charge in [0.2, 0.25) is 0 Å². The Hall–Kier alpha value is -1.62. The average molecular weight is 345 g/mol. The van der Waals surface area contributed by atoms with E-state index in [2.05, 4.69) is 16.8 Å². The number of ether oxygens (including phenoxy) is 1. The topological polar surface area (TPSA) is 45.7 Å². The van der Waals surface area contributed by atoms with E-state index in [1.54, 1.807) is 6.20 Å². The van der Waals surface area contributed by atoms with Crippen molar-refractivity contribution in [3.05, 3.63) is 23.9 Å². The van der Waals surface area contributed by atoms with Gasteiger partial charge in [0.05, 0.1) is 11.7 Å². The summed E-state index contributed by atoms with van der Waals surface area (Å²) in [6.07, 6.45) is 9.86.